The van der Waals surface area contributed by atoms with E-state index in [1.807, 2.05) is 11.1 Å². The van der Waals surface area contributed by atoms with Gasteiger partial charge in [0.1, 0.15) is 30.6 Å². The molecule has 0 amide bonds. The van der Waals surface area contributed by atoms with E-state index in [1.165, 1.54) is 6.92 Å². The van der Waals surface area contributed by atoms with E-state index >= 15 is 0 Å². The van der Waals surface area contributed by atoms with E-state index in [-0.39, 0.29) is 12.4 Å². The maximum atomic E-state index is 13.4. The average Bonchev–Trinajstić information content (AvgIpc) is 3.23. The van der Waals surface area contributed by atoms with E-state index in [9.17, 15) is 29.2 Å². The average molecular weight is 586 g/mol. The Morgan fingerprint density at radius 2 is 1.83 bits per heavy atom. The Morgan fingerprint density at radius 3 is 2.46 bits per heavy atom. The summed E-state index contributed by atoms with van der Waals surface area (Å²) in [6.45, 7) is 0.644. The van der Waals surface area contributed by atoms with Gasteiger partial charge in [0, 0.05) is 12.3 Å². The lowest BCUT2D eigenvalue weighted by Gasteiger charge is -2.29. The van der Waals surface area contributed by atoms with Crippen LogP contribution in [0.2, 0.25) is 0 Å². The monoisotopic (exact) mass is 585 g/mol. The molecule has 4 rings (SSSR count). The molecule has 0 bridgehead atoms. The third-order valence-electron chi connectivity index (χ3n) is 6.25. The highest BCUT2D eigenvalue weighted by Gasteiger charge is 2.55. The number of nitrogens with one attached hydrogen (secondary N) is 1. The van der Waals surface area contributed by atoms with E-state index in [4.69, 9.17) is 25.3 Å². The molecular weight excluding hydrogens is 557 g/mol. The molecule has 1 aromatic heterocycles. The number of aromatic nitrogens is 2. The number of rotatable bonds is 11. The summed E-state index contributed by atoms with van der Waals surface area (Å²) in [6, 6.07) is 17.0. The highest BCUT2D eigenvalue weighted by atomic mass is 31.1. The Morgan fingerprint density at radius 1 is 1.17 bits per heavy atom. The van der Waals surface area contributed by atoms with Gasteiger partial charge in [-0.25, -0.2) is 4.79 Å². The number of carbonyl (C=O) groups excluding carboxylic acids is 1. The smallest absolute Gasteiger partial charge is 0.330 e. The van der Waals surface area contributed by atoms with Crippen molar-refractivity contribution in [1.82, 2.24) is 14.4 Å². The van der Waals surface area contributed by atoms with Gasteiger partial charge in [-0.15, -0.1) is 6.42 Å². The van der Waals surface area contributed by atoms with Crippen LogP contribution in [0, 0.1) is 12.3 Å². The van der Waals surface area contributed by atoms with Crippen LogP contribution in [-0.4, -0.2) is 61.0 Å². The fourth-order valence-electron chi connectivity index (χ4n) is 3.96. The number of aliphatic hydroxyl groups is 2. The van der Waals surface area contributed by atoms with Crippen LogP contribution in [0.15, 0.2) is 82.5 Å². The van der Waals surface area contributed by atoms with Crippen molar-refractivity contribution in [1.29, 1.82) is 0 Å². The van der Waals surface area contributed by atoms with Crippen molar-refractivity contribution in [2.45, 2.75) is 43.6 Å². The second-order valence-electron chi connectivity index (χ2n) is 9.05. The number of aromatic amines is 1. The van der Waals surface area contributed by atoms with Crippen molar-refractivity contribution in [2.24, 2.45) is 0 Å². The fourth-order valence-corrected chi connectivity index (χ4v) is 5.03. The molecule has 13 nitrogen and oxygen atoms in total. The van der Waals surface area contributed by atoms with Crippen LogP contribution in [0.4, 0.5) is 0 Å². The zero-order chi connectivity index (χ0) is 29.6. The standard InChI is InChI=1S/C27H28N3O10P/c1-3-27(23(33)22(32)24(39-27)29-15-14-21(31)28-26(29)35)17-38-41(36)30(40-20-12-8-5-9-13-20)18(2)25(34)37-16-19-10-6-4-7-11-19/h1,4-15,18,22-24,32-33,41H,16-17H2,2H3,(H,28,31,35)/t18?,22-,23+,24-,27-/m1/s1. The van der Waals surface area contributed by atoms with Gasteiger partial charge in [0.15, 0.2) is 11.8 Å². The van der Waals surface area contributed by atoms with E-state index in [0.29, 0.717) is 0 Å². The van der Waals surface area contributed by atoms with Crippen molar-refractivity contribution >= 4 is 14.1 Å². The van der Waals surface area contributed by atoms with Crippen molar-refractivity contribution in [3.63, 3.8) is 0 Å². The normalized spacial score (nSPS) is 23.4. The van der Waals surface area contributed by atoms with Crippen LogP contribution in [-0.2, 0) is 30.0 Å². The summed E-state index contributed by atoms with van der Waals surface area (Å²) < 4.78 is 30.8. The molecule has 0 saturated carbocycles. The van der Waals surface area contributed by atoms with E-state index in [2.05, 4.69) is 5.92 Å². The van der Waals surface area contributed by atoms with Gasteiger partial charge in [-0.05, 0) is 24.6 Å². The Hall–Kier alpha value is -4.02. The SMILES string of the molecule is C#C[C@]1(CO[PH](=O)N(Oc2ccccc2)C(C)C(=O)OCc2ccccc2)O[C@@H](n2ccc(=O)[nH]c2=O)[C@H](O)[C@@H]1O. The van der Waals surface area contributed by atoms with E-state index < -0.39 is 62.1 Å². The van der Waals surface area contributed by atoms with Gasteiger partial charge >= 0.3 is 11.7 Å². The Bertz CT molecular complexity index is 1520. The van der Waals surface area contributed by atoms with Crippen molar-refractivity contribution < 1.29 is 38.4 Å². The molecular formula is C27H28N3O10P. The predicted molar refractivity (Wildman–Crippen MR) is 145 cm³/mol. The molecule has 1 fully saturated rings. The summed E-state index contributed by atoms with van der Waals surface area (Å²) in [6.07, 6.45) is 1.69. The minimum atomic E-state index is -3.45. The number of H-pyrrole nitrogens is 1. The molecule has 2 aromatic carbocycles. The summed E-state index contributed by atoms with van der Waals surface area (Å²) in [5.74, 6) is 1.69. The van der Waals surface area contributed by atoms with Gasteiger partial charge in [0.05, 0.1) is 6.61 Å². The zero-order valence-electron chi connectivity index (χ0n) is 21.8. The number of para-hydroxylation sites is 1. The number of ether oxygens (including phenoxy) is 2. The molecule has 0 aliphatic carbocycles. The summed E-state index contributed by atoms with van der Waals surface area (Å²) >= 11 is 0. The number of carbonyl (C=O) groups is 1. The molecule has 0 spiro atoms. The first-order chi connectivity index (χ1) is 19.6. The van der Waals surface area contributed by atoms with Gasteiger partial charge in [-0.1, -0.05) is 59.3 Å². The fraction of sp³-hybridized carbons (Fsp3) is 0.296. The third-order valence-corrected chi connectivity index (χ3v) is 7.48. The number of hydrogen-bond acceptors (Lipinski definition) is 10. The van der Waals surface area contributed by atoms with Crippen LogP contribution in [0.1, 0.15) is 18.7 Å². The molecule has 14 heteroatoms. The van der Waals surface area contributed by atoms with Crippen LogP contribution in [0.25, 0.3) is 0 Å². The molecule has 1 aliphatic rings. The van der Waals surface area contributed by atoms with Crippen molar-refractivity contribution in [2.75, 3.05) is 6.61 Å². The summed E-state index contributed by atoms with van der Waals surface area (Å²) in [4.78, 5) is 45.1. The van der Waals surface area contributed by atoms with E-state index in [1.54, 1.807) is 54.6 Å². The molecule has 216 valence electrons. The first kappa shape index (κ1) is 30.0. The number of benzene rings is 2. The third kappa shape index (κ3) is 6.83. The highest BCUT2D eigenvalue weighted by Crippen LogP contribution is 2.40. The number of hydroxylamine groups is 1. The van der Waals surface area contributed by atoms with Crippen LogP contribution >= 0.6 is 8.18 Å². The Balaban J connectivity index is 1.51. The molecule has 2 unspecified atom stereocenters. The van der Waals surface area contributed by atoms with E-state index in [0.717, 1.165) is 27.2 Å². The lowest BCUT2D eigenvalue weighted by Crippen LogP contribution is -2.46. The molecule has 41 heavy (non-hydrogen) atoms. The molecule has 1 aliphatic heterocycles. The number of esters is 1. The molecule has 2 heterocycles. The number of aliphatic hydroxyl groups excluding tert-OH is 2. The van der Waals surface area contributed by atoms with Crippen molar-refractivity contribution in [3.8, 4) is 18.1 Å². The van der Waals surface area contributed by atoms with Gasteiger partial charge in [0.25, 0.3) is 13.7 Å². The minimum absolute atomic E-state index is 0.0331. The Labute approximate surface area is 234 Å². The number of terminal acetylenes is 1. The zero-order valence-corrected chi connectivity index (χ0v) is 22.8. The number of hydrogen-bond donors (Lipinski definition) is 3. The molecule has 1 saturated heterocycles. The maximum Gasteiger partial charge on any atom is 0.330 e. The second kappa shape index (κ2) is 13.1. The maximum absolute atomic E-state index is 13.4. The molecule has 3 aromatic rings. The van der Waals surface area contributed by atoms with Gasteiger partial charge in [-0.3, -0.25) is 23.7 Å². The molecule has 0 radical (unpaired) electrons. The van der Waals surface area contributed by atoms with Gasteiger partial charge < -0.3 is 29.0 Å². The largest absolute Gasteiger partial charge is 0.460 e. The summed E-state index contributed by atoms with van der Waals surface area (Å²) in [5.41, 5.74) is -2.92. The lowest BCUT2D eigenvalue weighted by molar-refractivity contribution is -0.156. The second-order valence-corrected chi connectivity index (χ2v) is 10.3. The Kier molecular flexibility index (Phi) is 9.57. The van der Waals surface area contributed by atoms with Crippen LogP contribution in [0.5, 0.6) is 5.75 Å². The topological polar surface area (TPSA) is 170 Å². The van der Waals surface area contributed by atoms with Gasteiger partial charge in [0.2, 0.25) is 0 Å². The van der Waals surface area contributed by atoms with Crippen LogP contribution < -0.4 is 16.1 Å². The quantitative estimate of drug-likeness (QED) is 0.127. The summed E-state index contributed by atoms with van der Waals surface area (Å²) in [5, 5.41) is 21.4. The molecule has 3 N–H and O–H groups in total. The van der Waals surface area contributed by atoms with Gasteiger partial charge in [-0.2, -0.15) is 0 Å². The first-order valence-corrected chi connectivity index (χ1v) is 13.6. The predicted octanol–water partition coefficient (Wildman–Crippen LogP) is 0.993. The summed E-state index contributed by atoms with van der Waals surface area (Å²) in [7, 11) is -3.45. The highest BCUT2D eigenvalue weighted by molar-refractivity contribution is 7.36. The minimum Gasteiger partial charge on any atom is -0.460 e. The first-order valence-electron chi connectivity index (χ1n) is 12.4. The number of nitrogens with zero attached hydrogens (tertiary/aromatic N) is 2. The van der Waals surface area contributed by atoms with Crippen molar-refractivity contribution in [3.05, 3.63) is 99.3 Å². The molecule has 6 atom stereocenters. The van der Waals surface area contributed by atoms with Crippen LogP contribution in [0.3, 0.4) is 0 Å². The lowest BCUT2D eigenvalue weighted by atomic mass is 9.97.